The molecule has 0 saturated heterocycles. The molecule has 0 aromatic heterocycles. The second-order valence-corrected chi connectivity index (χ2v) is 7.19. The van der Waals surface area contributed by atoms with Gasteiger partial charge in [-0.25, -0.2) is 0 Å². The third-order valence-corrected chi connectivity index (χ3v) is 4.93. The molecule has 0 spiro atoms. The van der Waals surface area contributed by atoms with Gasteiger partial charge in [-0.2, -0.15) is 0 Å². The molecule has 0 saturated carbocycles. The van der Waals surface area contributed by atoms with Gasteiger partial charge >= 0.3 is 0 Å². The number of nitrogens with one attached hydrogen (secondary N) is 1. The highest BCUT2D eigenvalue weighted by Gasteiger charge is 2.22. The predicted octanol–water partition coefficient (Wildman–Crippen LogP) is 3.06. The van der Waals surface area contributed by atoms with Crippen LogP contribution in [0.5, 0.6) is 11.5 Å². The first-order valence-electron chi connectivity index (χ1n) is 9.38. The normalized spacial score (nSPS) is 15.4. The second kappa shape index (κ2) is 8.80. The standard InChI is InChI=1S/C22H28N2O3/c1-24(2)19-10-7-16(8-11-19)9-12-21(25)23-14-17-13-18-5-4-6-20(26-3)22(18)27-15-17/h4-8,10-11,17H,9,12-15H2,1-3H3,(H,23,25)/t17-/m0/s1. The minimum Gasteiger partial charge on any atom is -0.493 e. The van der Waals surface area contributed by atoms with Gasteiger partial charge in [0, 0.05) is 38.7 Å². The smallest absolute Gasteiger partial charge is 0.220 e. The van der Waals surface area contributed by atoms with Gasteiger partial charge in [0.1, 0.15) is 0 Å². The van der Waals surface area contributed by atoms with E-state index in [1.54, 1.807) is 7.11 Å². The average Bonchev–Trinajstić information content (AvgIpc) is 2.70. The summed E-state index contributed by atoms with van der Waals surface area (Å²) in [6.45, 7) is 1.23. The van der Waals surface area contributed by atoms with Gasteiger partial charge < -0.3 is 19.7 Å². The van der Waals surface area contributed by atoms with E-state index in [1.165, 1.54) is 5.56 Å². The maximum atomic E-state index is 12.2. The number of fused-ring (bicyclic) bond motifs is 1. The topological polar surface area (TPSA) is 50.8 Å². The SMILES string of the molecule is COc1cccc2c1OC[C@H](CNC(=O)CCc1ccc(N(C)C)cc1)C2. The van der Waals surface area contributed by atoms with Crippen LogP contribution >= 0.6 is 0 Å². The van der Waals surface area contributed by atoms with E-state index in [2.05, 4.69) is 40.5 Å². The summed E-state index contributed by atoms with van der Waals surface area (Å²) in [6, 6.07) is 14.3. The highest BCUT2D eigenvalue weighted by molar-refractivity contribution is 5.76. The molecule has 2 aromatic carbocycles. The lowest BCUT2D eigenvalue weighted by Gasteiger charge is -2.26. The highest BCUT2D eigenvalue weighted by Crippen LogP contribution is 2.35. The predicted molar refractivity (Wildman–Crippen MR) is 108 cm³/mol. The number of benzene rings is 2. The first kappa shape index (κ1) is 19.1. The molecule has 3 rings (SSSR count). The molecular formula is C22H28N2O3. The zero-order chi connectivity index (χ0) is 19.2. The largest absolute Gasteiger partial charge is 0.493 e. The number of hydrogen-bond acceptors (Lipinski definition) is 4. The number of aryl methyl sites for hydroxylation is 1. The van der Waals surface area contributed by atoms with E-state index in [1.807, 2.05) is 26.2 Å². The number of carbonyl (C=O) groups excluding carboxylic acids is 1. The quantitative estimate of drug-likeness (QED) is 0.816. The zero-order valence-corrected chi connectivity index (χ0v) is 16.3. The molecule has 5 heteroatoms. The van der Waals surface area contributed by atoms with Crippen molar-refractivity contribution in [1.82, 2.24) is 5.32 Å². The Labute approximate surface area is 161 Å². The summed E-state index contributed by atoms with van der Waals surface area (Å²) in [5, 5.41) is 3.05. The van der Waals surface area contributed by atoms with E-state index in [0.717, 1.165) is 35.6 Å². The van der Waals surface area contributed by atoms with Crippen molar-refractivity contribution < 1.29 is 14.3 Å². The molecule has 27 heavy (non-hydrogen) atoms. The molecule has 1 atom stereocenters. The third kappa shape index (κ3) is 4.94. The Kier molecular flexibility index (Phi) is 6.22. The van der Waals surface area contributed by atoms with Crippen LogP contribution in [0.3, 0.4) is 0 Å². The molecular weight excluding hydrogens is 340 g/mol. The fourth-order valence-electron chi connectivity index (χ4n) is 3.31. The first-order valence-corrected chi connectivity index (χ1v) is 9.38. The summed E-state index contributed by atoms with van der Waals surface area (Å²) in [5.74, 6) is 1.98. The van der Waals surface area contributed by atoms with Crippen LogP contribution in [0.1, 0.15) is 17.5 Å². The number of anilines is 1. The summed E-state index contributed by atoms with van der Waals surface area (Å²) in [7, 11) is 5.69. The van der Waals surface area contributed by atoms with Crippen molar-refractivity contribution in [3.8, 4) is 11.5 Å². The van der Waals surface area contributed by atoms with Crippen LogP contribution in [0.4, 0.5) is 5.69 Å². The number of amides is 1. The van der Waals surface area contributed by atoms with E-state index in [-0.39, 0.29) is 11.8 Å². The Morgan fingerprint density at radius 3 is 2.70 bits per heavy atom. The molecule has 5 nitrogen and oxygen atoms in total. The van der Waals surface area contributed by atoms with Crippen molar-refractivity contribution in [3.63, 3.8) is 0 Å². The number of methoxy groups -OCH3 is 1. The van der Waals surface area contributed by atoms with Crippen LogP contribution < -0.4 is 19.7 Å². The number of rotatable bonds is 7. The third-order valence-electron chi connectivity index (χ3n) is 4.93. The number of carbonyl (C=O) groups is 1. The van der Waals surface area contributed by atoms with Crippen LogP contribution in [0.15, 0.2) is 42.5 Å². The summed E-state index contributed by atoms with van der Waals surface area (Å²) < 4.78 is 11.2. The minimum absolute atomic E-state index is 0.0862. The molecule has 0 aliphatic carbocycles. The van der Waals surface area contributed by atoms with Crippen molar-refractivity contribution in [2.24, 2.45) is 5.92 Å². The van der Waals surface area contributed by atoms with Crippen molar-refractivity contribution in [3.05, 3.63) is 53.6 Å². The fourth-order valence-corrected chi connectivity index (χ4v) is 3.31. The Balaban J connectivity index is 1.44. The van der Waals surface area contributed by atoms with Gasteiger partial charge in [0.15, 0.2) is 11.5 Å². The van der Waals surface area contributed by atoms with Gasteiger partial charge in [-0.3, -0.25) is 4.79 Å². The molecule has 1 aliphatic heterocycles. The van der Waals surface area contributed by atoms with Crippen LogP contribution in [-0.2, 0) is 17.6 Å². The van der Waals surface area contributed by atoms with Gasteiger partial charge in [-0.05, 0) is 42.2 Å². The highest BCUT2D eigenvalue weighted by atomic mass is 16.5. The van der Waals surface area contributed by atoms with E-state index >= 15 is 0 Å². The zero-order valence-electron chi connectivity index (χ0n) is 16.3. The van der Waals surface area contributed by atoms with E-state index in [9.17, 15) is 4.79 Å². The molecule has 0 radical (unpaired) electrons. The van der Waals surface area contributed by atoms with E-state index < -0.39 is 0 Å². The molecule has 0 fully saturated rings. The lowest BCUT2D eigenvalue weighted by molar-refractivity contribution is -0.121. The molecule has 0 unspecified atom stereocenters. The lowest BCUT2D eigenvalue weighted by Crippen LogP contribution is -2.35. The maximum absolute atomic E-state index is 12.2. The molecule has 0 bridgehead atoms. The number of hydrogen-bond donors (Lipinski definition) is 1. The monoisotopic (exact) mass is 368 g/mol. The summed E-state index contributed by atoms with van der Waals surface area (Å²) in [6.07, 6.45) is 2.14. The molecule has 1 N–H and O–H groups in total. The average molecular weight is 368 g/mol. The van der Waals surface area contributed by atoms with Gasteiger partial charge in [0.25, 0.3) is 0 Å². The maximum Gasteiger partial charge on any atom is 0.220 e. The Morgan fingerprint density at radius 1 is 1.22 bits per heavy atom. The number of nitrogens with zero attached hydrogens (tertiary/aromatic N) is 1. The van der Waals surface area contributed by atoms with Crippen LogP contribution in [0, 0.1) is 5.92 Å². The Bertz CT molecular complexity index is 772. The fraction of sp³-hybridized carbons (Fsp3) is 0.409. The van der Waals surface area contributed by atoms with Crippen LogP contribution in [0.2, 0.25) is 0 Å². The van der Waals surface area contributed by atoms with Gasteiger partial charge in [0.2, 0.25) is 5.91 Å². The Hall–Kier alpha value is -2.69. The number of ether oxygens (including phenoxy) is 2. The Morgan fingerprint density at radius 2 is 2.00 bits per heavy atom. The van der Waals surface area contributed by atoms with E-state index in [0.29, 0.717) is 19.6 Å². The van der Waals surface area contributed by atoms with E-state index in [4.69, 9.17) is 9.47 Å². The van der Waals surface area contributed by atoms with Crippen molar-refractivity contribution in [2.75, 3.05) is 39.3 Å². The van der Waals surface area contributed by atoms with Gasteiger partial charge in [-0.1, -0.05) is 24.3 Å². The molecule has 1 heterocycles. The first-order chi connectivity index (χ1) is 13.1. The second-order valence-electron chi connectivity index (χ2n) is 7.19. The summed E-state index contributed by atoms with van der Waals surface area (Å²) >= 11 is 0. The molecule has 1 amide bonds. The van der Waals surface area contributed by atoms with Crippen LogP contribution in [-0.4, -0.2) is 40.3 Å². The molecule has 144 valence electrons. The minimum atomic E-state index is 0.0862. The molecule has 2 aromatic rings. The van der Waals surface area contributed by atoms with Crippen molar-refractivity contribution >= 4 is 11.6 Å². The van der Waals surface area contributed by atoms with Crippen molar-refractivity contribution in [1.29, 1.82) is 0 Å². The van der Waals surface area contributed by atoms with Gasteiger partial charge in [-0.15, -0.1) is 0 Å². The number of para-hydroxylation sites is 1. The summed E-state index contributed by atoms with van der Waals surface area (Å²) in [4.78, 5) is 14.3. The lowest BCUT2D eigenvalue weighted by atomic mass is 9.96. The summed E-state index contributed by atoms with van der Waals surface area (Å²) in [5.41, 5.74) is 3.48. The molecule has 1 aliphatic rings. The van der Waals surface area contributed by atoms with Gasteiger partial charge in [0.05, 0.1) is 13.7 Å². The van der Waals surface area contributed by atoms with Crippen molar-refractivity contribution in [2.45, 2.75) is 19.3 Å². The van der Waals surface area contributed by atoms with Crippen LogP contribution in [0.25, 0.3) is 0 Å².